The maximum atomic E-state index is 11.1. The molecule has 0 spiro atoms. The molecule has 25 heavy (non-hydrogen) atoms. The van der Waals surface area contributed by atoms with Gasteiger partial charge in [0.05, 0.1) is 11.7 Å². The van der Waals surface area contributed by atoms with Crippen LogP contribution in [0.3, 0.4) is 0 Å². The van der Waals surface area contributed by atoms with Gasteiger partial charge in [-0.05, 0) is 60.7 Å². The average Bonchev–Trinajstić information content (AvgIpc) is 2.97. The predicted octanol–water partition coefficient (Wildman–Crippen LogP) is 4.73. The van der Waals surface area contributed by atoms with Crippen molar-refractivity contribution in [2.24, 2.45) is 0 Å². The highest BCUT2D eigenvalue weighted by atomic mass is 35.5. The van der Waals surface area contributed by atoms with Crippen molar-refractivity contribution in [2.75, 3.05) is 5.75 Å². The molecule has 130 valence electrons. The molecule has 2 aromatic carbocycles. The number of halogens is 1. The van der Waals surface area contributed by atoms with Crippen molar-refractivity contribution in [3.63, 3.8) is 0 Å². The Morgan fingerprint density at radius 3 is 2.76 bits per heavy atom. The van der Waals surface area contributed by atoms with Crippen LogP contribution in [0.15, 0.2) is 42.5 Å². The minimum absolute atomic E-state index is 0.0364. The molecule has 0 radical (unpaired) electrons. The first-order chi connectivity index (χ1) is 12.1. The number of aryl methyl sites for hydroxylation is 1. The van der Waals surface area contributed by atoms with Crippen LogP contribution in [-0.4, -0.2) is 14.5 Å². The quantitative estimate of drug-likeness (QED) is 0.607. The highest BCUT2D eigenvalue weighted by Crippen LogP contribution is 2.36. The lowest BCUT2D eigenvalue weighted by Crippen LogP contribution is -2.07. The Hall–Kier alpha value is -1.80. The maximum absolute atomic E-state index is 11.1. The van der Waals surface area contributed by atoms with Crippen LogP contribution in [0, 0.1) is 11.8 Å². The number of benzene rings is 2. The fourth-order valence-corrected chi connectivity index (χ4v) is 3.91. The lowest BCUT2D eigenvalue weighted by Gasteiger charge is -2.16. The summed E-state index contributed by atoms with van der Waals surface area (Å²) in [5.41, 5.74) is 3.36. The summed E-state index contributed by atoms with van der Waals surface area (Å²) in [6.45, 7) is 1.73. The van der Waals surface area contributed by atoms with Gasteiger partial charge in [-0.2, -0.15) is 0 Å². The molecule has 0 saturated carbocycles. The first-order valence-corrected chi connectivity index (χ1v) is 9.77. The van der Waals surface area contributed by atoms with Crippen LogP contribution < -0.4 is 4.74 Å². The van der Waals surface area contributed by atoms with Crippen LogP contribution in [0.5, 0.6) is 5.75 Å². The Bertz CT molecular complexity index is 836. The molecule has 0 bridgehead atoms. The lowest BCUT2D eigenvalue weighted by molar-refractivity contribution is 0.207. The number of ether oxygens (including phenoxy) is 1. The van der Waals surface area contributed by atoms with Crippen LogP contribution in [0.2, 0.25) is 5.02 Å². The van der Waals surface area contributed by atoms with E-state index in [1.165, 1.54) is 11.1 Å². The number of fused-ring (bicyclic) bond motifs is 1. The normalized spacial score (nSPS) is 18.0. The number of hydrogen-bond acceptors (Lipinski definition) is 2. The molecule has 1 aliphatic rings. The van der Waals surface area contributed by atoms with Crippen LogP contribution in [0.25, 0.3) is 0 Å². The molecule has 3 nitrogen and oxygen atoms in total. The molecule has 1 aliphatic carbocycles. The molecule has 3 unspecified atom stereocenters. The van der Waals surface area contributed by atoms with Gasteiger partial charge >= 0.3 is 0 Å². The van der Waals surface area contributed by atoms with Crippen LogP contribution in [0.1, 0.15) is 42.1 Å². The third kappa shape index (κ3) is 4.43. The van der Waals surface area contributed by atoms with Crippen molar-refractivity contribution in [3.8, 4) is 17.6 Å². The number of rotatable bonds is 5. The second-order valence-electron chi connectivity index (χ2n) is 5.99. The van der Waals surface area contributed by atoms with Gasteiger partial charge in [-0.25, -0.2) is 4.21 Å². The van der Waals surface area contributed by atoms with Crippen LogP contribution >= 0.6 is 11.6 Å². The maximum Gasteiger partial charge on any atom is 0.154 e. The zero-order chi connectivity index (χ0) is 17.8. The summed E-state index contributed by atoms with van der Waals surface area (Å²) in [4.78, 5) is 0. The number of hydrogen-bond donors (Lipinski definition) is 1. The van der Waals surface area contributed by atoms with E-state index in [9.17, 15) is 4.21 Å². The summed E-state index contributed by atoms with van der Waals surface area (Å²) in [6.07, 6.45) is 1.94. The Balaban J connectivity index is 1.73. The van der Waals surface area contributed by atoms with E-state index in [-0.39, 0.29) is 17.8 Å². The smallest absolute Gasteiger partial charge is 0.154 e. The van der Waals surface area contributed by atoms with E-state index in [0.717, 1.165) is 29.2 Å². The monoisotopic (exact) mass is 374 g/mol. The molecule has 0 saturated heterocycles. The van der Waals surface area contributed by atoms with E-state index in [2.05, 4.69) is 11.8 Å². The van der Waals surface area contributed by atoms with E-state index in [1.54, 1.807) is 6.92 Å². The molecule has 0 amide bonds. The fourth-order valence-electron chi connectivity index (χ4n) is 3.15. The highest BCUT2D eigenvalue weighted by Gasteiger charge is 2.24. The summed E-state index contributed by atoms with van der Waals surface area (Å²) in [5.74, 6) is 6.45. The van der Waals surface area contributed by atoms with Crippen molar-refractivity contribution in [3.05, 3.63) is 64.2 Å². The standard InChI is InChI=1S/C20H19ClO3S/c1-2-3-16(13-25(22)23)14-4-8-18(9-5-14)24-20-11-6-15-12-17(21)7-10-19(15)20/h4-5,7-10,12,16,20H,6,11,13H2,1H3,(H,22,23). The molecule has 0 heterocycles. The van der Waals surface area contributed by atoms with Crippen molar-refractivity contribution in [1.29, 1.82) is 0 Å². The first-order valence-electron chi connectivity index (χ1n) is 8.11. The first kappa shape index (κ1) is 18.0. The summed E-state index contributed by atoms with van der Waals surface area (Å²) in [6, 6.07) is 13.6. The molecule has 3 atom stereocenters. The topological polar surface area (TPSA) is 46.5 Å². The summed E-state index contributed by atoms with van der Waals surface area (Å²) >= 11 is 4.17. The lowest BCUT2D eigenvalue weighted by atomic mass is 10.0. The molecular weight excluding hydrogens is 356 g/mol. The zero-order valence-electron chi connectivity index (χ0n) is 13.9. The van der Waals surface area contributed by atoms with Crippen molar-refractivity contribution >= 4 is 22.7 Å². The zero-order valence-corrected chi connectivity index (χ0v) is 15.4. The van der Waals surface area contributed by atoms with Gasteiger partial charge < -0.3 is 9.29 Å². The third-order valence-corrected chi connectivity index (χ3v) is 5.17. The summed E-state index contributed by atoms with van der Waals surface area (Å²) in [5, 5.41) is 0.757. The Labute approximate surface area is 155 Å². The summed E-state index contributed by atoms with van der Waals surface area (Å²) < 4.78 is 26.4. The minimum Gasteiger partial charge on any atom is -0.486 e. The molecule has 0 aliphatic heterocycles. The second kappa shape index (κ2) is 8.05. The van der Waals surface area contributed by atoms with Gasteiger partial charge in [0.15, 0.2) is 11.1 Å². The van der Waals surface area contributed by atoms with Crippen LogP contribution in [0.4, 0.5) is 0 Å². The average molecular weight is 375 g/mol. The highest BCUT2D eigenvalue weighted by molar-refractivity contribution is 7.79. The van der Waals surface area contributed by atoms with Gasteiger partial charge in [0, 0.05) is 5.02 Å². The second-order valence-corrected chi connectivity index (χ2v) is 7.41. The van der Waals surface area contributed by atoms with E-state index >= 15 is 0 Å². The van der Waals surface area contributed by atoms with Gasteiger partial charge in [0.2, 0.25) is 0 Å². The van der Waals surface area contributed by atoms with Gasteiger partial charge in [0.25, 0.3) is 0 Å². The SMILES string of the molecule is CC#CC(CS(=O)O)c1ccc(OC2CCc3cc(Cl)ccc32)cc1. The van der Waals surface area contributed by atoms with E-state index in [0.29, 0.717) is 0 Å². The van der Waals surface area contributed by atoms with Gasteiger partial charge in [0.1, 0.15) is 11.9 Å². The molecule has 5 heteroatoms. The van der Waals surface area contributed by atoms with E-state index < -0.39 is 11.1 Å². The summed E-state index contributed by atoms with van der Waals surface area (Å²) in [7, 11) is 0. The Kier molecular flexibility index (Phi) is 5.80. The third-order valence-electron chi connectivity index (χ3n) is 4.32. The van der Waals surface area contributed by atoms with Crippen molar-refractivity contribution in [1.82, 2.24) is 0 Å². The Morgan fingerprint density at radius 1 is 1.32 bits per heavy atom. The van der Waals surface area contributed by atoms with E-state index in [4.69, 9.17) is 20.9 Å². The van der Waals surface area contributed by atoms with Gasteiger partial charge in [-0.1, -0.05) is 35.7 Å². The minimum atomic E-state index is -1.88. The van der Waals surface area contributed by atoms with Gasteiger partial charge in [-0.15, -0.1) is 5.92 Å². The Morgan fingerprint density at radius 2 is 2.08 bits per heavy atom. The van der Waals surface area contributed by atoms with Crippen molar-refractivity contribution < 1.29 is 13.5 Å². The fraction of sp³-hybridized carbons (Fsp3) is 0.300. The predicted molar refractivity (Wildman–Crippen MR) is 101 cm³/mol. The molecule has 2 aromatic rings. The van der Waals surface area contributed by atoms with E-state index in [1.807, 2.05) is 42.5 Å². The van der Waals surface area contributed by atoms with Crippen LogP contribution in [-0.2, 0) is 17.5 Å². The van der Waals surface area contributed by atoms with Gasteiger partial charge in [-0.3, -0.25) is 0 Å². The molecule has 0 aromatic heterocycles. The largest absolute Gasteiger partial charge is 0.486 e. The van der Waals surface area contributed by atoms with Crippen molar-refractivity contribution in [2.45, 2.75) is 31.8 Å². The molecule has 3 rings (SSSR count). The molecule has 1 N–H and O–H groups in total. The molecular formula is C20H19ClO3S. The molecule has 0 fully saturated rings.